The van der Waals surface area contributed by atoms with E-state index in [0.29, 0.717) is 45.2 Å². The molecule has 0 bridgehead atoms. The molecule has 2 saturated heterocycles. The van der Waals surface area contributed by atoms with E-state index < -0.39 is 17.7 Å². The van der Waals surface area contributed by atoms with Gasteiger partial charge in [-0.3, -0.25) is 19.3 Å². The fourth-order valence-corrected chi connectivity index (χ4v) is 5.05. The number of carbonyl (C=O) groups is 3. The van der Waals surface area contributed by atoms with Crippen molar-refractivity contribution >= 4 is 17.7 Å². The fourth-order valence-electron chi connectivity index (χ4n) is 5.05. The number of allylic oxidation sites excluding steroid dienone is 2. The van der Waals surface area contributed by atoms with Crippen molar-refractivity contribution in [3.63, 3.8) is 0 Å². The van der Waals surface area contributed by atoms with Gasteiger partial charge in [0, 0.05) is 32.0 Å². The molecule has 6 nitrogen and oxygen atoms in total. The molecule has 0 aromatic heterocycles. The summed E-state index contributed by atoms with van der Waals surface area (Å²) in [6.45, 7) is 4.70. The summed E-state index contributed by atoms with van der Waals surface area (Å²) >= 11 is 0. The van der Waals surface area contributed by atoms with Gasteiger partial charge in [-0.1, -0.05) is 26.0 Å². The van der Waals surface area contributed by atoms with Crippen LogP contribution >= 0.6 is 0 Å². The molecule has 3 atom stereocenters. The standard InChI is InChI=1S/C25H30F2N2O4/c1-15(2)13-21(29-23(30)18-5-3-4-6-19(18)24(29)31)25(32)28-11-9-17(10-12-28)33-22-8-7-16(26)14-20(22)27/h3-4,7-8,14-15,17-19,21H,5-6,9-13H2,1-2H3. The first-order valence-electron chi connectivity index (χ1n) is 11.7. The van der Waals surface area contributed by atoms with Crippen LogP contribution in [-0.2, 0) is 14.4 Å². The minimum absolute atomic E-state index is 0.0108. The van der Waals surface area contributed by atoms with E-state index in [1.807, 2.05) is 26.0 Å². The van der Waals surface area contributed by atoms with Crippen LogP contribution in [0.1, 0.15) is 46.0 Å². The number of carbonyl (C=O) groups excluding carboxylic acids is 3. The first kappa shape index (κ1) is 23.4. The molecule has 4 rings (SSSR count). The van der Waals surface area contributed by atoms with Crippen molar-refractivity contribution in [2.45, 2.75) is 58.1 Å². The molecule has 0 radical (unpaired) electrons. The Morgan fingerprint density at radius 1 is 1.06 bits per heavy atom. The van der Waals surface area contributed by atoms with E-state index >= 15 is 0 Å². The Bertz CT molecular complexity index is 930. The van der Waals surface area contributed by atoms with Crippen molar-refractivity contribution in [2.75, 3.05) is 13.1 Å². The van der Waals surface area contributed by atoms with E-state index in [-0.39, 0.29) is 47.3 Å². The number of likely N-dealkylation sites (tertiary alicyclic amines) is 2. The Labute approximate surface area is 192 Å². The Hall–Kier alpha value is -2.77. The molecular weight excluding hydrogens is 430 g/mol. The van der Waals surface area contributed by atoms with Gasteiger partial charge < -0.3 is 9.64 Å². The second kappa shape index (κ2) is 9.61. The van der Waals surface area contributed by atoms with E-state index in [2.05, 4.69) is 0 Å². The van der Waals surface area contributed by atoms with E-state index in [1.54, 1.807) is 4.90 Å². The molecule has 2 fully saturated rings. The number of imide groups is 1. The monoisotopic (exact) mass is 460 g/mol. The molecule has 2 aliphatic heterocycles. The maximum atomic E-state index is 13.9. The number of halogens is 2. The van der Waals surface area contributed by atoms with Gasteiger partial charge >= 0.3 is 0 Å². The lowest BCUT2D eigenvalue weighted by molar-refractivity contribution is -0.153. The van der Waals surface area contributed by atoms with Gasteiger partial charge in [-0.2, -0.15) is 0 Å². The summed E-state index contributed by atoms with van der Waals surface area (Å²) in [5.74, 6) is -2.74. The summed E-state index contributed by atoms with van der Waals surface area (Å²) in [6.07, 6.45) is 6.02. The third-order valence-corrected chi connectivity index (χ3v) is 6.77. The second-order valence-corrected chi connectivity index (χ2v) is 9.56. The van der Waals surface area contributed by atoms with Gasteiger partial charge in [0.25, 0.3) is 0 Å². The van der Waals surface area contributed by atoms with E-state index in [4.69, 9.17) is 4.74 Å². The van der Waals surface area contributed by atoms with Crippen molar-refractivity contribution in [1.82, 2.24) is 9.80 Å². The van der Waals surface area contributed by atoms with Crippen LogP contribution in [0.15, 0.2) is 30.4 Å². The van der Waals surface area contributed by atoms with Gasteiger partial charge in [0.05, 0.1) is 11.8 Å². The van der Waals surface area contributed by atoms with Crippen LogP contribution in [-0.4, -0.2) is 52.8 Å². The molecule has 1 aliphatic carbocycles. The first-order valence-corrected chi connectivity index (χ1v) is 11.7. The predicted octanol–water partition coefficient (Wildman–Crippen LogP) is 3.70. The zero-order chi connectivity index (χ0) is 23.7. The summed E-state index contributed by atoms with van der Waals surface area (Å²) in [6, 6.07) is 2.38. The molecule has 3 unspecified atom stereocenters. The van der Waals surface area contributed by atoms with Gasteiger partial charge in [0.2, 0.25) is 17.7 Å². The number of rotatable bonds is 6. The third kappa shape index (κ3) is 4.80. The molecule has 1 aromatic rings. The number of benzene rings is 1. The third-order valence-electron chi connectivity index (χ3n) is 6.77. The van der Waals surface area contributed by atoms with Gasteiger partial charge in [-0.05, 0) is 37.3 Å². The number of amides is 3. The molecule has 33 heavy (non-hydrogen) atoms. The highest BCUT2D eigenvalue weighted by Gasteiger charge is 2.51. The van der Waals surface area contributed by atoms with E-state index in [0.717, 1.165) is 12.1 Å². The van der Waals surface area contributed by atoms with Crippen molar-refractivity contribution in [3.8, 4) is 5.75 Å². The molecule has 2 heterocycles. The average molecular weight is 461 g/mol. The Balaban J connectivity index is 1.43. The largest absolute Gasteiger partial charge is 0.487 e. The van der Waals surface area contributed by atoms with Crippen LogP contribution in [0.4, 0.5) is 8.78 Å². The normalized spacial score (nSPS) is 24.4. The topological polar surface area (TPSA) is 66.9 Å². The van der Waals surface area contributed by atoms with Crippen LogP contribution in [0.25, 0.3) is 0 Å². The van der Waals surface area contributed by atoms with Crippen LogP contribution < -0.4 is 4.74 Å². The van der Waals surface area contributed by atoms with Crippen LogP contribution in [0, 0.1) is 29.4 Å². The van der Waals surface area contributed by atoms with Crippen LogP contribution in [0.5, 0.6) is 5.75 Å². The molecule has 0 saturated carbocycles. The van der Waals surface area contributed by atoms with E-state index in [1.165, 1.54) is 11.0 Å². The highest BCUT2D eigenvalue weighted by atomic mass is 19.1. The predicted molar refractivity (Wildman–Crippen MR) is 117 cm³/mol. The molecule has 0 spiro atoms. The zero-order valence-electron chi connectivity index (χ0n) is 19.0. The van der Waals surface area contributed by atoms with Crippen molar-refractivity contribution in [3.05, 3.63) is 42.0 Å². The summed E-state index contributed by atoms with van der Waals surface area (Å²) in [5.41, 5.74) is 0. The summed E-state index contributed by atoms with van der Waals surface area (Å²) < 4.78 is 32.7. The number of nitrogens with zero attached hydrogens (tertiary/aromatic N) is 2. The number of hydrogen-bond donors (Lipinski definition) is 0. The lowest BCUT2D eigenvalue weighted by atomic mass is 9.85. The lowest BCUT2D eigenvalue weighted by Gasteiger charge is -2.36. The smallest absolute Gasteiger partial charge is 0.245 e. The highest BCUT2D eigenvalue weighted by Crippen LogP contribution is 2.37. The minimum Gasteiger partial charge on any atom is -0.487 e. The maximum absolute atomic E-state index is 13.9. The van der Waals surface area contributed by atoms with E-state index in [9.17, 15) is 23.2 Å². The first-order chi connectivity index (χ1) is 15.8. The minimum atomic E-state index is -0.803. The fraction of sp³-hybridized carbons (Fsp3) is 0.560. The van der Waals surface area contributed by atoms with Crippen molar-refractivity contribution in [2.24, 2.45) is 17.8 Å². The Morgan fingerprint density at radius 2 is 1.67 bits per heavy atom. The summed E-state index contributed by atoms with van der Waals surface area (Å²) in [4.78, 5) is 42.6. The molecule has 178 valence electrons. The SMILES string of the molecule is CC(C)CC(C(=O)N1CCC(Oc2ccc(F)cc2F)CC1)N1C(=O)C2CC=CCC2C1=O. The molecule has 3 amide bonds. The number of fused-ring (bicyclic) bond motifs is 1. The van der Waals surface area contributed by atoms with Crippen LogP contribution in [0.3, 0.4) is 0 Å². The average Bonchev–Trinajstić information content (AvgIpc) is 3.04. The number of ether oxygens (including phenoxy) is 1. The Kier molecular flexibility index (Phi) is 6.81. The summed E-state index contributed by atoms with van der Waals surface area (Å²) in [5, 5.41) is 0. The molecule has 0 N–H and O–H groups in total. The van der Waals surface area contributed by atoms with Gasteiger partial charge in [-0.25, -0.2) is 8.78 Å². The summed E-state index contributed by atoms with van der Waals surface area (Å²) in [7, 11) is 0. The molecule has 8 heteroatoms. The Morgan fingerprint density at radius 3 is 2.21 bits per heavy atom. The number of hydrogen-bond acceptors (Lipinski definition) is 4. The molecule has 3 aliphatic rings. The maximum Gasteiger partial charge on any atom is 0.245 e. The molecular formula is C25H30F2N2O4. The van der Waals surface area contributed by atoms with Gasteiger partial charge in [-0.15, -0.1) is 0 Å². The molecule has 1 aromatic carbocycles. The van der Waals surface area contributed by atoms with Gasteiger partial charge in [0.15, 0.2) is 11.6 Å². The van der Waals surface area contributed by atoms with Crippen molar-refractivity contribution < 1.29 is 27.9 Å². The lowest BCUT2D eigenvalue weighted by Crippen LogP contribution is -2.54. The van der Waals surface area contributed by atoms with Crippen molar-refractivity contribution in [1.29, 1.82) is 0 Å². The second-order valence-electron chi connectivity index (χ2n) is 9.56. The zero-order valence-corrected chi connectivity index (χ0v) is 19.0. The van der Waals surface area contributed by atoms with Gasteiger partial charge in [0.1, 0.15) is 18.0 Å². The number of piperidine rings is 1. The highest BCUT2D eigenvalue weighted by molar-refractivity contribution is 6.08. The quantitative estimate of drug-likeness (QED) is 0.480. The van der Waals surface area contributed by atoms with Crippen LogP contribution in [0.2, 0.25) is 0 Å².